The first-order valence-corrected chi connectivity index (χ1v) is 13.7. The van der Waals surface area contributed by atoms with Crippen LogP contribution < -0.4 is 15.4 Å². The van der Waals surface area contributed by atoms with Crippen LogP contribution in [0.4, 0.5) is 5.69 Å². The minimum Gasteiger partial charge on any atom is -0.497 e. The Labute approximate surface area is 228 Å². The van der Waals surface area contributed by atoms with Crippen molar-refractivity contribution >= 4 is 23.4 Å². The van der Waals surface area contributed by atoms with Gasteiger partial charge in [-0.25, -0.2) is 0 Å². The normalized spacial score (nSPS) is 28.8. The van der Waals surface area contributed by atoms with Gasteiger partial charge in [-0.15, -0.1) is 0 Å². The SMILES string of the molecule is COc1ccc(NC(=O)C2N(CCCCCO)C(=O)[C@@H]3[C@H](C(=O)NCc4ccccc4)[C@]4(C)CCC23O4)cc1. The highest BCUT2D eigenvalue weighted by atomic mass is 16.5. The van der Waals surface area contributed by atoms with Gasteiger partial charge in [0.25, 0.3) is 0 Å². The predicted molar refractivity (Wildman–Crippen MR) is 145 cm³/mol. The number of amides is 3. The lowest BCUT2D eigenvalue weighted by Crippen LogP contribution is -2.53. The number of hydrogen-bond donors (Lipinski definition) is 3. The molecule has 3 heterocycles. The Kier molecular flexibility index (Phi) is 7.64. The maximum Gasteiger partial charge on any atom is 0.250 e. The summed E-state index contributed by atoms with van der Waals surface area (Å²) in [5.74, 6) is -1.52. The molecule has 5 rings (SSSR count). The molecule has 208 valence electrons. The third-order valence-corrected chi connectivity index (χ3v) is 8.53. The number of likely N-dealkylation sites (tertiary alicyclic amines) is 1. The third-order valence-electron chi connectivity index (χ3n) is 8.53. The minimum absolute atomic E-state index is 0.0764. The van der Waals surface area contributed by atoms with Gasteiger partial charge in [0.05, 0.1) is 24.5 Å². The second-order valence-corrected chi connectivity index (χ2v) is 11.0. The number of fused-ring (bicyclic) bond motifs is 1. The number of unbranched alkanes of at least 4 members (excludes halogenated alkanes) is 2. The molecule has 0 radical (unpaired) electrons. The number of nitrogens with one attached hydrogen (secondary N) is 2. The molecule has 3 amide bonds. The summed E-state index contributed by atoms with van der Waals surface area (Å²) in [5, 5.41) is 15.2. The molecule has 5 atom stereocenters. The quantitative estimate of drug-likeness (QED) is 0.381. The Morgan fingerprint density at radius 2 is 1.79 bits per heavy atom. The van der Waals surface area contributed by atoms with Crippen LogP contribution in [0.2, 0.25) is 0 Å². The van der Waals surface area contributed by atoms with Gasteiger partial charge in [-0.2, -0.15) is 0 Å². The monoisotopic (exact) mass is 535 g/mol. The second kappa shape index (κ2) is 11.0. The average molecular weight is 536 g/mol. The van der Waals surface area contributed by atoms with Crippen LogP contribution in [0.5, 0.6) is 5.75 Å². The average Bonchev–Trinajstić information content (AvgIpc) is 3.51. The van der Waals surface area contributed by atoms with E-state index in [9.17, 15) is 19.5 Å². The van der Waals surface area contributed by atoms with E-state index in [0.29, 0.717) is 50.2 Å². The second-order valence-electron chi connectivity index (χ2n) is 11.0. The van der Waals surface area contributed by atoms with Crippen LogP contribution in [-0.4, -0.2) is 65.2 Å². The summed E-state index contributed by atoms with van der Waals surface area (Å²) in [6, 6.07) is 15.8. The fourth-order valence-electron chi connectivity index (χ4n) is 6.72. The van der Waals surface area contributed by atoms with E-state index in [2.05, 4.69) is 10.6 Å². The van der Waals surface area contributed by atoms with Gasteiger partial charge in [-0.3, -0.25) is 14.4 Å². The summed E-state index contributed by atoms with van der Waals surface area (Å²) in [6.45, 7) is 2.68. The molecule has 3 aliphatic rings. The molecule has 3 N–H and O–H groups in total. The highest BCUT2D eigenvalue weighted by Crippen LogP contribution is 2.63. The number of nitrogens with zero attached hydrogens (tertiary/aromatic N) is 1. The van der Waals surface area contributed by atoms with Crippen molar-refractivity contribution in [2.45, 2.75) is 62.8 Å². The number of methoxy groups -OCH3 is 1. The highest BCUT2D eigenvalue weighted by molar-refractivity contribution is 6.03. The molecule has 0 aliphatic carbocycles. The van der Waals surface area contributed by atoms with E-state index in [1.54, 1.807) is 36.3 Å². The molecule has 39 heavy (non-hydrogen) atoms. The summed E-state index contributed by atoms with van der Waals surface area (Å²) in [7, 11) is 1.58. The first-order valence-electron chi connectivity index (χ1n) is 13.7. The minimum atomic E-state index is -1.08. The number of aliphatic hydroxyl groups excluding tert-OH is 1. The Balaban J connectivity index is 1.42. The summed E-state index contributed by atoms with van der Waals surface area (Å²) in [4.78, 5) is 43.2. The number of benzene rings is 2. The lowest BCUT2D eigenvalue weighted by molar-refractivity contribution is -0.144. The summed E-state index contributed by atoms with van der Waals surface area (Å²) < 4.78 is 11.9. The van der Waals surface area contributed by atoms with Gasteiger partial charge in [0.1, 0.15) is 17.4 Å². The number of hydrogen-bond acceptors (Lipinski definition) is 6. The zero-order valence-corrected chi connectivity index (χ0v) is 22.5. The number of carbonyl (C=O) groups excluding carboxylic acids is 3. The fourth-order valence-corrected chi connectivity index (χ4v) is 6.72. The van der Waals surface area contributed by atoms with E-state index in [0.717, 1.165) is 12.0 Å². The van der Waals surface area contributed by atoms with Gasteiger partial charge >= 0.3 is 0 Å². The molecule has 2 aromatic rings. The first-order chi connectivity index (χ1) is 18.8. The molecule has 3 saturated heterocycles. The Hall–Kier alpha value is -3.43. The van der Waals surface area contributed by atoms with Crippen LogP contribution in [-0.2, 0) is 25.7 Å². The van der Waals surface area contributed by atoms with E-state index in [-0.39, 0.29) is 24.3 Å². The number of aliphatic hydroxyl groups is 1. The maximum absolute atomic E-state index is 14.0. The standard InChI is InChI=1S/C30H37N3O6/c1-29-15-16-30(39-29)24(23(29)26(35)31-19-20-9-5-3-6-10-20)28(37)33(17-7-4-8-18-34)25(30)27(36)32-21-11-13-22(38-2)14-12-21/h3,5-6,9-14,23-25,34H,4,7-8,15-19H2,1-2H3,(H,31,35)(H,32,36)/t23-,24+,25?,29+,30?/m1/s1. The van der Waals surface area contributed by atoms with Gasteiger partial charge in [-0.05, 0) is 68.9 Å². The van der Waals surface area contributed by atoms with Crippen LogP contribution in [0.15, 0.2) is 54.6 Å². The number of ether oxygens (including phenoxy) is 2. The smallest absolute Gasteiger partial charge is 0.250 e. The van der Waals surface area contributed by atoms with E-state index < -0.39 is 29.1 Å². The summed E-state index contributed by atoms with van der Waals surface area (Å²) in [6.07, 6.45) is 3.10. The zero-order chi connectivity index (χ0) is 27.6. The van der Waals surface area contributed by atoms with E-state index in [1.807, 2.05) is 37.3 Å². The Morgan fingerprint density at radius 1 is 1.05 bits per heavy atom. The largest absolute Gasteiger partial charge is 0.497 e. The van der Waals surface area contributed by atoms with Crippen molar-refractivity contribution in [3.8, 4) is 5.75 Å². The molecule has 2 bridgehead atoms. The molecule has 0 saturated carbocycles. The molecule has 3 aliphatic heterocycles. The van der Waals surface area contributed by atoms with Crippen molar-refractivity contribution < 1.29 is 29.0 Å². The van der Waals surface area contributed by atoms with Crippen molar-refractivity contribution in [1.29, 1.82) is 0 Å². The van der Waals surface area contributed by atoms with Gasteiger partial charge in [0, 0.05) is 25.4 Å². The molecule has 2 aromatic carbocycles. The van der Waals surface area contributed by atoms with Crippen LogP contribution in [0.25, 0.3) is 0 Å². The first kappa shape index (κ1) is 27.1. The van der Waals surface area contributed by atoms with Gasteiger partial charge < -0.3 is 30.1 Å². The number of anilines is 1. The lowest BCUT2D eigenvalue weighted by Gasteiger charge is -2.33. The topological polar surface area (TPSA) is 117 Å². The van der Waals surface area contributed by atoms with Crippen LogP contribution in [0.3, 0.4) is 0 Å². The summed E-state index contributed by atoms with van der Waals surface area (Å²) >= 11 is 0. The molecular formula is C30H37N3O6. The van der Waals surface area contributed by atoms with Crippen LogP contribution in [0.1, 0.15) is 44.6 Å². The van der Waals surface area contributed by atoms with E-state index in [4.69, 9.17) is 9.47 Å². The Bertz CT molecular complexity index is 1200. The predicted octanol–water partition coefficient (Wildman–Crippen LogP) is 2.88. The Morgan fingerprint density at radius 3 is 2.49 bits per heavy atom. The van der Waals surface area contributed by atoms with Gasteiger partial charge in [-0.1, -0.05) is 30.3 Å². The van der Waals surface area contributed by atoms with Crippen LogP contribution >= 0.6 is 0 Å². The van der Waals surface area contributed by atoms with Crippen molar-refractivity contribution in [3.05, 3.63) is 60.2 Å². The number of carbonyl (C=O) groups is 3. The molecule has 9 nitrogen and oxygen atoms in total. The van der Waals surface area contributed by atoms with Crippen molar-refractivity contribution in [2.24, 2.45) is 11.8 Å². The molecule has 3 fully saturated rings. The molecule has 2 unspecified atom stereocenters. The molecule has 9 heteroatoms. The highest BCUT2D eigenvalue weighted by Gasteiger charge is 2.77. The summed E-state index contributed by atoms with van der Waals surface area (Å²) in [5.41, 5.74) is -0.351. The third kappa shape index (κ3) is 4.89. The van der Waals surface area contributed by atoms with Crippen molar-refractivity contribution in [2.75, 3.05) is 25.6 Å². The molecular weight excluding hydrogens is 498 g/mol. The number of rotatable bonds is 11. The molecule has 1 spiro atoms. The van der Waals surface area contributed by atoms with Crippen LogP contribution in [0, 0.1) is 11.8 Å². The van der Waals surface area contributed by atoms with Crippen molar-refractivity contribution in [3.63, 3.8) is 0 Å². The zero-order valence-electron chi connectivity index (χ0n) is 22.5. The fraction of sp³-hybridized carbons (Fsp3) is 0.500. The maximum atomic E-state index is 14.0. The van der Waals surface area contributed by atoms with Crippen molar-refractivity contribution in [1.82, 2.24) is 10.2 Å². The lowest BCUT2D eigenvalue weighted by atomic mass is 9.66. The van der Waals surface area contributed by atoms with Gasteiger partial charge in [0.2, 0.25) is 17.7 Å². The van der Waals surface area contributed by atoms with E-state index >= 15 is 0 Å². The van der Waals surface area contributed by atoms with Gasteiger partial charge in [0.15, 0.2) is 0 Å². The van der Waals surface area contributed by atoms with E-state index in [1.165, 1.54) is 0 Å². The molecule has 0 aromatic heterocycles.